The lowest BCUT2D eigenvalue weighted by Gasteiger charge is -2.25. The van der Waals surface area contributed by atoms with Crippen LogP contribution in [-0.4, -0.2) is 37.3 Å². The molecule has 0 radical (unpaired) electrons. The van der Waals surface area contributed by atoms with E-state index in [0.29, 0.717) is 0 Å². The van der Waals surface area contributed by atoms with E-state index in [1.807, 2.05) is 6.20 Å². The van der Waals surface area contributed by atoms with Gasteiger partial charge in [-0.15, -0.1) is 0 Å². The van der Waals surface area contributed by atoms with Crippen LogP contribution < -0.4 is 10.2 Å². The maximum absolute atomic E-state index is 5.55. The molecule has 0 unspecified atom stereocenters. The van der Waals surface area contributed by atoms with E-state index in [1.54, 1.807) is 0 Å². The summed E-state index contributed by atoms with van der Waals surface area (Å²) in [6.45, 7) is 6.79. The van der Waals surface area contributed by atoms with E-state index in [2.05, 4.69) is 28.2 Å². The number of hydrogen-bond donors (Lipinski definition) is 1. The number of pyridine rings is 1. The number of aromatic nitrogens is 1. The molecule has 1 saturated heterocycles. The van der Waals surface area contributed by atoms with Gasteiger partial charge in [0.1, 0.15) is 0 Å². The fourth-order valence-corrected chi connectivity index (χ4v) is 2.53. The van der Waals surface area contributed by atoms with Crippen LogP contribution in [0, 0.1) is 6.92 Å². The number of anilines is 1. The molecule has 2 heterocycles. The van der Waals surface area contributed by atoms with E-state index in [-0.39, 0.29) is 0 Å². The van der Waals surface area contributed by atoms with Crippen molar-refractivity contribution >= 4 is 5.69 Å². The van der Waals surface area contributed by atoms with Crippen LogP contribution in [0.4, 0.5) is 5.69 Å². The summed E-state index contributed by atoms with van der Waals surface area (Å²) in [5.74, 6) is 0. The Morgan fingerprint density at radius 3 is 3.11 bits per heavy atom. The highest BCUT2D eigenvalue weighted by molar-refractivity contribution is 5.53. The topological polar surface area (TPSA) is 37.4 Å². The monoisotopic (exact) mass is 261 g/mol. The second-order valence-electron chi connectivity index (χ2n) is 5.56. The van der Waals surface area contributed by atoms with Crippen LogP contribution in [0.1, 0.15) is 30.5 Å². The molecular formula is C15H23N3O. The lowest BCUT2D eigenvalue weighted by Crippen LogP contribution is -2.28. The Bertz CT molecular complexity index is 423. The second kappa shape index (κ2) is 5.88. The van der Waals surface area contributed by atoms with E-state index in [4.69, 9.17) is 4.74 Å². The molecule has 1 saturated carbocycles. The minimum Gasteiger partial charge on any atom is -0.380 e. The first-order valence-corrected chi connectivity index (χ1v) is 7.34. The van der Waals surface area contributed by atoms with Gasteiger partial charge in [0.05, 0.1) is 6.61 Å². The van der Waals surface area contributed by atoms with Crippen molar-refractivity contribution in [3.05, 3.63) is 23.5 Å². The summed E-state index contributed by atoms with van der Waals surface area (Å²) in [7, 11) is 0. The molecule has 3 rings (SSSR count). The van der Waals surface area contributed by atoms with Gasteiger partial charge in [-0.25, -0.2) is 0 Å². The third kappa shape index (κ3) is 3.45. The van der Waals surface area contributed by atoms with Gasteiger partial charge in [0.15, 0.2) is 0 Å². The summed E-state index contributed by atoms with van der Waals surface area (Å²) < 4.78 is 5.55. The summed E-state index contributed by atoms with van der Waals surface area (Å²) in [6.07, 6.45) is 5.79. The Morgan fingerprint density at radius 2 is 2.26 bits per heavy atom. The highest BCUT2D eigenvalue weighted by atomic mass is 16.5. The van der Waals surface area contributed by atoms with E-state index in [9.17, 15) is 0 Å². The van der Waals surface area contributed by atoms with Crippen LogP contribution in [-0.2, 0) is 11.3 Å². The largest absolute Gasteiger partial charge is 0.380 e. The predicted molar refractivity (Wildman–Crippen MR) is 76.5 cm³/mol. The van der Waals surface area contributed by atoms with Gasteiger partial charge in [-0.2, -0.15) is 0 Å². The standard InChI is InChI=1S/C15H23N3O/c1-12-9-15(18-5-2-7-19-8-6-18)13(10-16-12)11-17-14-3-4-14/h9-10,14,17H,2-8,11H2,1H3. The maximum Gasteiger partial charge on any atom is 0.0641 e. The van der Waals surface area contributed by atoms with E-state index in [0.717, 1.165) is 51.0 Å². The first kappa shape index (κ1) is 12.9. The average Bonchev–Trinajstić information content (AvgIpc) is 3.24. The van der Waals surface area contributed by atoms with Crippen molar-refractivity contribution in [2.24, 2.45) is 0 Å². The molecule has 104 valence electrons. The van der Waals surface area contributed by atoms with Gasteiger partial charge < -0.3 is 15.0 Å². The highest BCUT2D eigenvalue weighted by Crippen LogP contribution is 2.24. The zero-order chi connectivity index (χ0) is 13.1. The fourth-order valence-electron chi connectivity index (χ4n) is 2.53. The number of aryl methyl sites for hydroxylation is 1. The Hall–Kier alpha value is -1.13. The number of hydrogen-bond acceptors (Lipinski definition) is 4. The van der Waals surface area contributed by atoms with E-state index in [1.165, 1.54) is 24.1 Å². The minimum atomic E-state index is 0.738. The molecule has 1 N–H and O–H groups in total. The Balaban J connectivity index is 1.77. The molecule has 1 aliphatic carbocycles. The molecule has 2 aliphatic rings. The van der Waals surface area contributed by atoms with Crippen LogP contribution in [0.3, 0.4) is 0 Å². The van der Waals surface area contributed by atoms with E-state index >= 15 is 0 Å². The number of nitrogens with zero attached hydrogens (tertiary/aromatic N) is 2. The van der Waals surface area contributed by atoms with E-state index < -0.39 is 0 Å². The molecule has 0 aromatic carbocycles. The highest BCUT2D eigenvalue weighted by Gasteiger charge is 2.21. The molecule has 0 bridgehead atoms. The summed E-state index contributed by atoms with van der Waals surface area (Å²) in [6, 6.07) is 2.96. The van der Waals surface area contributed by atoms with Crippen LogP contribution in [0.2, 0.25) is 0 Å². The van der Waals surface area contributed by atoms with Crippen molar-refractivity contribution in [2.45, 2.75) is 38.8 Å². The molecule has 0 spiro atoms. The third-order valence-electron chi connectivity index (χ3n) is 3.82. The summed E-state index contributed by atoms with van der Waals surface area (Å²) in [5, 5.41) is 3.59. The number of nitrogens with one attached hydrogen (secondary N) is 1. The van der Waals surface area contributed by atoms with Crippen LogP contribution >= 0.6 is 0 Å². The average molecular weight is 261 g/mol. The molecule has 0 amide bonds. The van der Waals surface area contributed by atoms with Gasteiger partial charge >= 0.3 is 0 Å². The van der Waals surface area contributed by atoms with Gasteiger partial charge in [-0.3, -0.25) is 4.98 Å². The normalized spacial score (nSPS) is 20.4. The van der Waals surface area contributed by atoms with Crippen LogP contribution in [0.5, 0.6) is 0 Å². The first-order valence-electron chi connectivity index (χ1n) is 7.34. The van der Waals surface area contributed by atoms with Crippen molar-refractivity contribution < 1.29 is 4.74 Å². The summed E-state index contributed by atoms with van der Waals surface area (Å²) in [4.78, 5) is 6.91. The van der Waals surface area contributed by atoms with Crippen molar-refractivity contribution in [1.29, 1.82) is 0 Å². The Morgan fingerprint density at radius 1 is 1.37 bits per heavy atom. The van der Waals surface area contributed by atoms with Crippen molar-refractivity contribution in [3.63, 3.8) is 0 Å². The lowest BCUT2D eigenvalue weighted by molar-refractivity contribution is 0.152. The third-order valence-corrected chi connectivity index (χ3v) is 3.82. The SMILES string of the molecule is Cc1cc(N2CCCOCC2)c(CNC2CC2)cn1. The molecule has 4 nitrogen and oxygen atoms in total. The minimum absolute atomic E-state index is 0.738. The van der Waals surface area contributed by atoms with Gasteiger partial charge in [-0.05, 0) is 32.3 Å². The molecule has 4 heteroatoms. The van der Waals surface area contributed by atoms with Crippen LogP contribution in [0.25, 0.3) is 0 Å². The molecule has 1 aromatic rings. The van der Waals surface area contributed by atoms with Gasteiger partial charge in [0.2, 0.25) is 0 Å². The van der Waals surface area contributed by atoms with Crippen LogP contribution in [0.15, 0.2) is 12.3 Å². The lowest BCUT2D eigenvalue weighted by atomic mass is 10.1. The summed E-state index contributed by atoms with van der Waals surface area (Å²) >= 11 is 0. The van der Waals surface area contributed by atoms with Crippen molar-refractivity contribution in [3.8, 4) is 0 Å². The fraction of sp³-hybridized carbons (Fsp3) is 0.667. The molecule has 1 aliphatic heterocycles. The smallest absolute Gasteiger partial charge is 0.0641 e. The molecule has 0 atom stereocenters. The molecule has 2 fully saturated rings. The Kier molecular flexibility index (Phi) is 3.99. The zero-order valence-corrected chi connectivity index (χ0v) is 11.7. The number of ether oxygens (including phenoxy) is 1. The number of rotatable bonds is 4. The second-order valence-corrected chi connectivity index (χ2v) is 5.56. The molecule has 1 aromatic heterocycles. The molecule has 19 heavy (non-hydrogen) atoms. The first-order chi connectivity index (χ1) is 9.33. The Labute approximate surface area is 115 Å². The van der Waals surface area contributed by atoms with Gasteiger partial charge in [0, 0.05) is 55.4 Å². The zero-order valence-electron chi connectivity index (χ0n) is 11.7. The predicted octanol–water partition coefficient (Wildman–Crippen LogP) is 1.87. The quantitative estimate of drug-likeness (QED) is 0.898. The summed E-state index contributed by atoms with van der Waals surface area (Å²) in [5.41, 5.74) is 3.75. The maximum atomic E-state index is 5.55. The van der Waals surface area contributed by atoms with Gasteiger partial charge in [-0.1, -0.05) is 0 Å². The molecular weight excluding hydrogens is 238 g/mol. The van der Waals surface area contributed by atoms with Crippen molar-refractivity contribution in [1.82, 2.24) is 10.3 Å². The van der Waals surface area contributed by atoms with Crippen molar-refractivity contribution in [2.75, 3.05) is 31.2 Å². The van der Waals surface area contributed by atoms with Gasteiger partial charge in [0.25, 0.3) is 0 Å².